The van der Waals surface area contributed by atoms with Gasteiger partial charge in [0.1, 0.15) is 0 Å². The highest BCUT2D eigenvalue weighted by molar-refractivity contribution is 7.71. The van der Waals surface area contributed by atoms with Crippen molar-refractivity contribution in [3.05, 3.63) is 27.4 Å². The maximum absolute atomic E-state index is 11.1. The molecule has 0 amide bonds. The molecule has 2 N–H and O–H groups in total. The van der Waals surface area contributed by atoms with Crippen LogP contribution in [0.15, 0.2) is 17.1 Å². The van der Waals surface area contributed by atoms with Crippen LogP contribution in [0.4, 0.5) is 0 Å². The van der Waals surface area contributed by atoms with Crippen LogP contribution in [0, 0.1) is 4.77 Å². The van der Waals surface area contributed by atoms with E-state index in [0.29, 0.717) is 10.5 Å². The number of fused-ring (bicyclic) bond motifs is 1. The lowest BCUT2D eigenvalue weighted by Gasteiger charge is -1.85. The molecule has 0 saturated carbocycles. The highest BCUT2D eigenvalue weighted by Gasteiger charge is 1.96. The standard InChI is InChI=1S/C5H4N4OS/c10-3-1-2-6-4-7-8-5(11)9(3)4/h1-2H,(H,6,7)(H,8,11). The van der Waals surface area contributed by atoms with E-state index in [-0.39, 0.29) is 5.56 Å². The summed E-state index contributed by atoms with van der Waals surface area (Å²) >= 11 is 4.81. The van der Waals surface area contributed by atoms with Crippen LogP contribution in [0.5, 0.6) is 0 Å². The normalized spacial score (nSPS) is 10.5. The SMILES string of the molecule is O=c1ccnc2[nH][nH]c(=S)n12. The van der Waals surface area contributed by atoms with Crippen molar-refractivity contribution in [3.8, 4) is 0 Å². The molecule has 0 saturated heterocycles. The van der Waals surface area contributed by atoms with Gasteiger partial charge in [-0.3, -0.25) is 15.0 Å². The zero-order valence-electron chi connectivity index (χ0n) is 5.37. The first kappa shape index (κ1) is 6.29. The molecule has 56 valence electrons. The van der Waals surface area contributed by atoms with E-state index in [2.05, 4.69) is 15.2 Å². The number of aromatic amines is 2. The number of rotatable bonds is 0. The fourth-order valence-corrected chi connectivity index (χ4v) is 1.09. The largest absolute Gasteiger partial charge is 0.273 e. The molecule has 2 heterocycles. The fourth-order valence-electron chi connectivity index (χ4n) is 0.858. The number of nitrogens with zero attached hydrogens (tertiary/aromatic N) is 2. The van der Waals surface area contributed by atoms with Crippen molar-refractivity contribution in [1.82, 2.24) is 19.6 Å². The third kappa shape index (κ3) is 0.795. The van der Waals surface area contributed by atoms with Crippen LogP contribution in [0.2, 0.25) is 0 Å². The zero-order valence-corrected chi connectivity index (χ0v) is 6.18. The molecule has 0 aliphatic heterocycles. The summed E-state index contributed by atoms with van der Waals surface area (Å²) in [5.74, 6) is 0.433. The quantitative estimate of drug-likeness (QED) is 0.547. The molecular formula is C5H4N4OS. The molecule has 2 rings (SSSR count). The molecule has 0 aromatic carbocycles. The topological polar surface area (TPSA) is 66.0 Å². The Labute approximate surface area is 65.7 Å². The van der Waals surface area contributed by atoms with Crippen LogP contribution < -0.4 is 5.56 Å². The minimum atomic E-state index is -0.183. The summed E-state index contributed by atoms with van der Waals surface area (Å²) in [5, 5.41) is 5.26. The van der Waals surface area contributed by atoms with Crippen LogP contribution >= 0.6 is 12.2 Å². The van der Waals surface area contributed by atoms with Crippen molar-refractivity contribution in [3.63, 3.8) is 0 Å². The lowest BCUT2D eigenvalue weighted by Crippen LogP contribution is -2.11. The Balaban J connectivity index is 3.21. The zero-order chi connectivity index (χ0) is 7.84. The van der Waals surface area contributed by atoms with Gasteiger partial charge in [-0.25, -0.2) is 9.38 Å². The van der Waals surface area contributed by atoms with Crippen LogP contribution in [-0.4, -0.2) is 19.6 Å². The summed E-state index contributed by atoms with van der Waals surface area (Å²) in [7, 11) is 0. The Morgan fingerprint density at radius 3 is 3.09 bits per heavy atom. The van der Waals surface area contributed by atoms with Gasteiger partial charge >= 0.3 is 0 Å². The average molecular weight is 168 g/mol. The van der Waals surface area contributed by atoms with Gasteiger partial charge < -0.3 is 0 Å². The summed E-state index contributed by atoms with van der Waals surface area (Å²) in [6, 6.07) is 1.35. The predicted molar refractivity (Wildman–Crippen MR) is 41.0 cm³/mol. The molecule has 0 fully saturated rings. The molecular weight excluding hydrogens is 164 g/mol. The van der Waals surface area contributed by atoms with E-state index >= 15 is 0 Å². The fraction of sp³-hybridized carbons (Fsp3) is 0. The predicted octanol–water partition coefficient (Wildman–Crippen LogP) is 0.0802. The summed E-state index contributed by atoms with van der Waals surface area (Å²) < 4.78 is 1.62. The van der Waals surface area contributed by atoms with Crippen molar-refractivity contribution < 1.29 is 0 Å². The van der Waals surface area contributed by atoms with Crippen molar-refractivity contribution >= 4 is 18.0 Å². The minimum absolute atomic E-state index is 0.183. The van der Waals surface area contributed by atoms with E-state index in [1.807, 2.05) is 0 Å². The Bertz CT molecular complexity index is 493. The minimum Gasteiger partial charge on any atom is -0.273 e. The van der Waals surface area contributed by atoms with Crippen molar-refractivity contribution in [2.45, 2.75) is 0 Å². The highest BCUT2D eigenvalue weighted by Crippen LogP contribution is 1.87. The van der Waals surface area contributed by atoms with Gasteiger partial charge in [0.25, 0.3) is 5.56 Å². The number of aromatic nitrogens is 4. The molecule has 0 bridgehead atoms. The smallest absolute Gasteiger partial charge is 0.261 e. The first-order valence-corrected chi connectivity index (χ1v) is 3.34. The maximum atomic E-state index is 11.1. The second-order valence-corrected chi connectivity index (χ2v) is 2.38. The maximum Gasteiger partial charge on any atom is 0.261 e. The number of hydrogen-bond donors (Lipinski definition) is 2. The van der Waals surface area contributed by atoms with E-state index in [1.165, 1.54) is 16.7 Å². The average Bonchev–Trinajstić information content (AvgIpc) is 2.34. The summed E-state index contributed by atoms with van der Waals surface area (Å²) in [5.41, 5.74) is -0.183. The van der Waals surface area contributed by atoms with Crippen LogP contribution in [-0.2, 0) is 0 Å². The molecule has 6 heteroatoms. The highest BCUT2D eigenvalue weighted by atomic mass is 32.1. The van der Waals surface area contributed by atoms with Gasteiger partial charge in [0.05, 0.1) is 0 Å². The van der Waals surface area contributed by atoms with E-state index in [0.717, 1.165) is 0 Å². The van der Waals surface area contributed by atoms with Gasteiger partial charge in [-0.15, -0.1) is 0 Å². The molecule has 2 aromatic heterocycles. The molecule has 0 unspecified atom stereocenters. The van der Waals surface area contributed by atoms with Gasteiger partial charge in [0, 0.05) is 12.3 Å². The van der Waals surface area contributed by atoms with E-state index in [1.54, 1.807) is 0 Å². The molecule has 0 spiro atoms. The molecule has 5 nitrogen and oxygen atoms in total. The van der Waals surface area contributed by atoms with Gasteiger partial charge in [-0.2, -0.15) is 0 Å². The summed E-state index contributed by atoms with van der Waals surface area (Å²) in [4.78, 5) is 14.9. The molecule has 2 aromatic rings. The van der Waals surface area contributed by atoms with Gasteiger partial charge in [0.15, 0.2) is 0 Å². The molecule has 0 aliphatic rings. The Morgan fingerprint density at radius 1 is 1.55 bits per heavy atom. The molecule has 0 radical (unpaired) electrons. The van der Waals surface area contributed by atoms with Crippen LogP contribution in [0.25, 0.3) is 5.78 Å². The Hall–Kier alpha value is -1.43. The van der Waals surface area contributed by atoms with Crippen molar-refractivity contribution in [2.75, 3.05) is 0 Å². The second kappa shape index (κ2) is 2.03. The third-order valence-electron chi connectivity index (χ3n) is 1.33. The van der Waals surface area contributed by atoms with Crippen LogP contribution in [0.1, 0.15) is 0 Å². The van der Waals surface area contributed by atoms with E-state index in [4.69, 9.17) is 12.2 Å². The molecule has 0 aliphatic carbocycles. The number of nitrogens with one attached hydrogen (secondary N) is 2. The number of H-pyrrole nitrogens is 2. The van der Waals surface area contributed by atoms with Crippen LogP contribution in [0.3, 0.4) is 0 Å². The second-order valence-electron chi connectivity index (χ2n) is 2.00. The van der Waals surface area contributed by atoms with E-state index in [9.17, 15) is 4.79 Å². The number of hydrogen-bond acceptors (Lipinski definition) is 3. The summed E-state index contributed by atoms with van der Waals surface area (Å²) in [6.07, 6.45) is 1.43. The van der Waals surface area contributed by atoms with Crippen molar-refractivity contribution in [1.29, 1.82) is 0 Å². The summed E-state index contributed by atoms with van der Waals surface area (Å²) in [6.45, 7) is 0. The Morgan fingerprint density at radius 2 is 2.36 bits per heavy atom. The third-order valence-corrected chi connectivity index (χ3v) is 1.62. The van der Waals surface area contributed by atoms with Gasteiger partial charge in [-0.1, -0.05) is 0 Å². The monoisotopic (exact) mass is 168 g/mol. The van der Waals surface area contributed by atoms with Crippen molar-refractivity contribution in [2.24, 2.45) is 0 Å². The first-order chi connectivity index (χ1) is 5.29. The first-order valence-electron chi connectivity index (χ1n) is 2.93. The molecule has 0 atom stereocenters. The lowest BCUT2D eigenvalue weighted by molar-refractivity contribution is 1.03. The molecule has 11 heavy (non-hydrogen) atoms. The van der Waals surface area contributed by atoms with E-state index < -0.39 is 0 Å². The Kier molecular flexibility index (Phi) is 1.16. The van der Waals surface area contributed by atoms with Gasteiger partial charge in [0.2, 0.25) is 10.5 Å². The van der Waals surface area contributed by atoms with Gasteiger partial charge in [-0.05, 0) is 12.2 Å². The lowest BCUT2D eigenvalue weighted by atomic mass is 10.6.